The van der Waals surface area contributed by atoms with Crippen LogP contribution >= 0.6 is 0 Å². The first kappa shape index (κ1) is 26.4. The third kappa shape index (κ3) is 8.20. The smallest absolute Gasteiger partial charge is 0.417 e. The minimum absolute atomic E-state index is 0.0973. The van der Waals surface area contributed by atoms with Crippen molar-refractivity contribution < 1.29 is 28.6 Å². The van der Waals surface area contributed by atoms with E-state index in [4.69, 9.17) is 19.9 Å². The van der Waals surface area contributed by atoms with Gasteiger partial charge < -0.3 is 19.9 Å². The maximum absolute atomic E-state index is 12.6. The Labute approximate surface area is 185 Å². The Bertz CT molecular complexity index is 752. The highest BCUT2D eigenvalue weighted by Gasteiger charge is 2.28. The normalized spacial score (nSPS) is 13.5. The van der Waals surface area contributed by atoms with Gasteiger partial charge in [-0.05, 0) is 44.4 Å². The average Bonchev–Trinajstić information content (AvgIpc) is 2.69. The van der Waals surface area contributed by atoms with Crippen molar-refractivity contribution in [2.24, 2.45) is 23.0 Å². The second kappa shape index (κ2) is 11.1. The fraction of sp³-hybridized carbons (Fsp3) is 0.609. The van der Waals surface area contributed by atoms with Gasteiger partial charge in [-0.25, -0.2) is 4.79 Å². The zero-order chi connectivity index (χ0) is 23.9. The van der Waals surface area contributed by atoms with E-state index in [-0.39, 0.29) is 24.4 Å². The van der Waals surface area contributed by atoms with Crippen molar-refractivity contribution in [3.8, 4) is 0 Å². The van der Waals surface area contributed by atoms with Crippen LogP contribution in [-0.4, -0.2) is 37.4 Å². The molecule has 0 aliphatic carbocycles. The molecular weight excluding hydrogens is 400 g/mol. The molecule has 0 saturated heterocycles. The number of nitrogens with zero attached hydrogens (tertiary/aromatic N) is 1. The molecular formula is C23H36N2O6. The first-order chi connectivity index (χ1) is 14.2. The van der Waals surface area contributed by atoms with Gasteiger partial charge in [0.15, 0.2) is 0 Å². The van der Waals surface area contributed by atoms with Crippen LogP contribution in [0.1, 0.15) is 54.0 Å². The molecule has 0 spiro atoms. The maximum Gasteiger partial charge on any atom is 0.417 e. The minimum Gasteiger partial charge on any atom is -0.460 e. The van der Waals surface area contributed by atoms with Crippen LogP contribution in [0.15, 0.2) is 24.3 Å². The summed E-state index contributed by atoms with van der Waals surface area (Å²) in [5.74, 6) is -1.25. The Morgan fingerprint density at radius 1 is 0.968 bits per heavy atom. The van der Waals surface area contributed by atoms with E-state index in [2.05, 4.69) is 0 Å². The standard InChI is InChI=1S/C23H36N2O6/c1-14(2)18(24)19(26)30-20(15(3)4)31-22(28)25(8)17-11-9-16(10-12-17)13-29-21(27)23(5,6)7/h9-12,14-15,18,20H,13,24H2,1-8H3. The number of benzene rings is 1. The van der Waals surface area contributed by atoms with Crippen LogP contribution in [0.2, 0.25) is 0 Å². The first-order valence-corrected chi connectivity index (χ1v) is 10.4. The van der Waals surface area contributed by atoms with E-state index in [9.17, 15) is 14.4 Å². The number of ether oxygens (including phenoxy) is 3. The molecule has 0 heterocycles. The molecule has 1 aromatic rings. The Morgan fingerprint density at radius 3 is 1.97 bits per heavy atom. The highest BCUT2D eigenvalue weighted by Crippen LogP contribution is 2.20. The molecule has 8 heteroatoms. The lowest BCUT2D eigenvalue weighted by Crippen LogP contribution is -2.42. The van der Waals surface area contributed by atoms with E-state index in [1.54, 1.807) is 65.9 Å². The van der Waals surface area contributed by atoms with Gasteiger partial charge >= 0.3 is 18.0 Å². The summed E-state index contributed by atoms with van der Waals surface area (Å²) >= 11 is 0. The number of esters is 2. The van der Waals surface area contributed by atoms with Crippen LogP contribution in [0, 0.1) is 17.3 Å². The number of amides is 1. The van der Waals surface area contributed by atoms with Gasteiger partial charge in [0, 0.05) is 18.7 Å². The summed E-state index contributed by atoms with van der Waals surface area (Å²) in [6, 6.07) is 6.16. The van der Waals surface area contributed by atoms with Crippen LogP contribution in [-0.2, 0) is 30.4 Å². The number of carbonyl (C=O) groups is 3. The molecule has 0 saturated carbocycles. The quantitative estimate of drug-likeness (QED) is 0.487. The number of carbonyl (C=O) groups excluding carboxylic acids is 3. The molecule has 174 valence electrons. The molecule has 2 atom stereocenters. The van der Waals surface area contributed by atoms with Gasteiger partial charge in [0.05, 0.1) is 5.41 Å². The summed E-state index contributed by atoms with van der Waals surface area (Å²) in [6.07, 6.45) is -1.72. The zero-order valence-electron chi connectivity index (χ0n) is 19.8. The highest BCUT2D eigenvalue weighted by molar-refractivity contribution is 5.87. The van der Waals surface area contributed by atoms with Crippen LogP contribution in [0.3, 0.4) is 0 Å². The summed E-state index contributed by atoms with van der Waals surface area (Å²) in [7, 11) is 1.55. The van der Waals surface area contributed by atoms with Crippen LogP contribution in [0.4, 0.5) is 10.5 Å². The average molecular weight is 437 g/mol. The number of hydrogen-bond donors (Lipinski definition) is 1. The third-order valence-corrected chi connectivity index (χ3v) is 4.56. The van der Waals surface area contributed by atoms with Gasteiger partial charge in [-0.2, -0.15) is 0 Å². The lowest BCUT2D eigenvalue weighted by Gasteiger charge is -2.26. The molecule has 31 heavy (non-hydrogen) atoms. The first-order valence-electron chi connectivity index (χ1n) is 10.4. The minimum atomic E-state index is -1.05. The zero-order valence-corrected chi connectivity index (χ0v) is 19.8. The van der Waals surface area contributed by atoms with Gasteiger partial charge in [0.2, 0.25) is 0 Å². The Balaban J connectivity index is 2.74. The van der Waals surface area contributed by atoms with Crippen molar-refractivity contribution in [2.45, 2.75) is 67.4 Å². The van der Waals surface area contributed by atoms with Crippen molar-refractivity contribution in [2.75, 3.05) is 11.9 Å². The maximum atomic E-state index is 12.6. The number of nitrogens with two attached hydrogens (primary N) is 1. The van der Waals surface area contributed by atoms with Gasteiger partial charge in [-0.3, -0.25) is 14.5 Å². The Kier molecular flexibility index (Phi) is 9.49. The molecule has 0 aliphatic heterocycles. The number of anilines is 1. The van der Waals surface area contributed by atoms with Crippen molar-refractivity contribution in [1.82, 2.24) is 0 Å². The van der Waals surface area contributed by atoms with Crippen molar-refractivity contribution >= 4 is 23.7 Å². The molecule has 2 unspecified atom stereocenters. The molecule has 1 amide bonds. The van der Waals surface area contributed by atoms with E-state index in [0.717, 1.165) is 5.56 Å². The lowest BCUT2D eigenvalue weighted by atomic mass is 9.97. The topological polar surface area (TPSA) is 108 Å². The van der Waals surface area contributed by atoms with Crippen molar-refractivity contribution in [1.29, 1.82) is 0 Å². The third-order valence-electron chi connectivity index (χ3n) is 4.56. The fourth-order valence-corrected chi connectivity index (χ4v) is 2.23. The molecule has 1 rings (SSSR count). The van der Waals surface area contributed by atoms with Crippen LogP contribution in [0.5, 0.6) is 0 Å². The molecule has 2 N–H and O–H groups in total. The SMILES string of the molecule is CC(C)C(OC(=O)C(N)C(C)C)OC(=O)N(C)c1ccc(COC(=O)C(C)(C)C)cc1. The predicted octanol–water partition coefficient (Wildman–Crippen LogP) is 3.86. The number of rotatable bonds is 8. The molecule has 0 bridgehead atoms. The fourth-order valence-electron chi connectivity index (χ4n) is 2.23. The van der Waals surface area contributed by atoms with Crippen molar-refractivity contribution in [3.05, 3.63) is 29.8 Å². The van der Waals surface area contributed by atoms with Gasteiger partial charge in [0.1, 0.15) is 12.6 Å². The van der Waals surface area contributed by atoms with Crippen LogP contribution in [0.25, 0.3) is 0 Å². The Hall–Kier alpha value is -2.61. The summed E-state index contributed by atoms with van der Waals surface area (Å²) in [5.41, 5.74) is 6.61. The molecule has 0 aromatic heterocycles. The van der Waals surface area contributed by atoms with Gasteiger partial charge in [-0.1, -0.05) is 39.8 Å². The predicted molar refractivity (Wildman–Crippen MR) is 118 cm³/mol. The number of hydrogen-bond acceptors (Lipinski definition) is 7. The molecule has 0 radical (unpaired) electrons. The van der Waals surface area contributed by atoms with Crippen LogP contribution < -0.4 is 10.6 Å². The molecule has 0 aliphatic rings. The van der Waals surface area contributed by atoms with Gasteiger partial charge in [0.25, 0.3) is 6.29 Å². The Morgan fingerprint density at radius 2 is 1.52 bits per heavy atom. The van der Waals surface area contributed by atoms with Gasteiger partial charge in [-0.15, -0.1) is 0 Å². The lowest BCUT2D eigenvalue weighted by molar-refractivity contribution is -0.177. The second-order valence-electron chi connectivity index (χ2n) is 9.25. The summed E-state index contributed by atoms with van der Waals surface area (Å²) in [4.78, 5) is 37.9. The highest BCUT2D eigenvalue weighted by atomic mass is 16.7. The van der Waals surface area contributed by atoms with E-state index < -0.39 is 29.8 Å². The van der Waals surface area contributed by atoms with E-state index in [1.807, 2.05) is 13.8 Å². The summed E-state index contributed by atoms with van der Waals surface area (Å²) in [5, 5.41) is 0. The second-order valence-corrected chi connectivity index (χ2v) is 9.25. The van der Waals surface area contributed by atoms with E-state index >= 15 is 0 Å². The van der Waals surface area contributed by atoms with E-state index in [0.29, 0.717) is 5.69 Å². The largest absolute Gasteiger partial charge is 0.460 e. The molecule has 1 aromatic carbocycles. The summed E-state index contributed by atoms with van der Waals surface area (Å²) < 4.78 is 16.0. The van der Waals surface area contributed by atoms with E-state index in [1.165, 1.54) is 4.90 Å². The molecule has 8 nitrogen and oxygen atoms in total. The monoisotopic (exact) mass is 436 g/mol. The van der Waals surface area contributed by atoms with Crippen molar-refractivity contribution in [3.63, 3.8) is 0 Å². The summed E-state index contributed by atoms with van der Waals surface area (Å²) in [6.45, 7) is 12.7. The molecule has 0 fully saturated rings.